The monoisotopic (exact) mass is 233 g/mol. The molecular weight excluding hydrogens is 210 g/mol. The van der Waals surface area contributed by atoms with E-state index in [1.807, 2.05) is 5.43 Å². The first-order valence-electron chi connectivity index (χ1n) is 5.09. The lowest BCUT2D eigenvalue weighted by atomic mass is 10.2. The molecule has 0 aromatic carbocycles. The number of hydrazine groups is 1. The van der Waals surface area contributed by atoms with Crippen LogP contribution in [0, 0.1) is 0 Å². The summed E-state index contributed by atoms with van der Waals surface area (Å²) in [5, 5.41) is 2.78. The van der Waals surface area contributed by atoms with E-state index in [-0.39, 0.29) is 11.1 Å². The molecule has 0 aliphatic heterocycles. The Bertz CT molecular complexity index is 214. The van der Waals surface area contributed by atoms with Crippen molar-refractivity contribution >= 4 is 14.3 Å². The van der Waals surface area contributed by atoms with Crippen molar-refractivity contribution < 1.29 is 9.22 Å². The highest BCUT2D eigenvalue weighted by atomic mass is 28.4. The summed E-state index contributed by atoms with van der Waals surface area (Å²) < 4.78 is 5.84. The van der Waals surface area contributed by atoms with E-state index >= 15 is 0 Å². The smallest absolute Gasteiger partial charge is 0.328 e. The Kier molecular flexibility index (Phi) is 5.26. The fourth-order valence-electron chi connectivity index (χ4n) is 0.738. The lowest BCUT2D eigenvalue weighted by molar-refractivity contribution is 0.234. The summed E-state index contributed by atoms with van der Waals surface area (Å²) in [5.41, 5.74) is 2.00. The molecule has 15 heavy (non-hydrogen) atoms. The van der Waals surface area contributed by atoms with Crippen LogP contribution in [0.2, 0.25) is 18.1 Å². The van der Waals surface area contributed by atoms with Gasteiger partial charge in [-0.1, -0.05) is 20.8 Å². The molecule has 0 aromatic rings. The number of amides is 2. The van der Waals surface area contributed by atoms with Crippen molar-refractivity contribution in [3.63, 3.8) is 0 Å². The van der Waals surface area contributed by atoms with Gasteiger partial charge in [-0.05, 0) is 18.1 Å². The molecule has 0 atom stereocenters. The van der Waals surface area contributed by atoms with Crippen molar-refractivity contribution in [3.05, 3.63) is 0 Å². The van der Waals surface area contributed by atoms with Crippen LogP contribution < -0.4 is 16.6 Å². The molecule has 0 spiro atoms. The fraction of sp³-hybridized carbons (Fsp3) is 0.889. The van der Waals surface area contributed by atoms with E-state index < -0.39 is 8.32 Å². The first-order chi connectivity index (χ1) is 6.70. The van der Waals surface area contributed by atoms with Crippen molar-refractivity contribution in [1.82, 2.24) is 10.7 Å². The number of nitrogens with two attached hydrogens (primary N) is 1. The van der Waals surface area contributed by atoms with Crippen LogP contribution in [0.25, 0.3) is 0 Å². The van der Waals surface area contributed by atoms with E-state index in [9.17, 15) is 4.79 Å². The van der Waals surface area contributed by atoms with Gasteiger partial charge >= 0.3 is 6.03 Å². The molecule has 0 aliphatic carbocycles. The predicted octanol–water partition coefficient (Wildman–Crippen LogP) is 1.18. The van der Waals surface area contributed by atoms with Crippen LogP contribution in [0.5, 0.6) is 0 Å². The van der Waals surface area contributed by atoms with Gasteiger partial charge < -0.3 is 9.74 Å². The highest BCUT2D eigenvalue weighted by Gasteiger charge is 2.36. The van der Waals surface area contributed by atoms with E-state index in [0.717, 1.165) is 0 Å². The first kappa shape index (κ1) is 14.4. The zero-order chi connectivity index (χ0) is 12.1. The van der Waals surface area contributed by atoms with Gasteiger partial charge in [0.2, 0.25) is 0 Å². The Morgan fingerprint density at radius 2 is 1.93 bits per heavy atom. The molecule has 0 fully saturated rings. The Morgan fingerprint density at radius 3 is 2.33 bits per heavy atom. The summed E-state index contributed by atoms with van der Waals surface area (Å²) in [6.07, 6.45) is 0. The maximum atomic E-state index is 10.7. The summed E-state index contributed by atoms with van der Waals surface area (Å²) in [5.74, 6) is 4.92. The van der Waals surface area contributed by atoms with Crippen LogP contribution in [0.4, 0.5) is 4.79 Å². The Morgan fingerprint density at radius 1 is 1.40 bits per heavy atom. The number of urea groups is 1. The number of rotatable bonds is 4. The molecule has 5 nitrogen and oxygen atoms in total. The molecule has 90 valence electrons. The van der Waals surface area contributed by atoms with Gasteiger partial charge in [0.15, 0.2) is 8.32 Å². The summed E-state index contributed by atoms with van der Waals surface area (Å²) in [7, 11) is -1.69. The number of carbonyl (C=O) groups excluding carboxylic acids is 1. The highest BCUT2D eigenvalue weighted by Crippen LogP contribution is 2.36. The van der Waals surface area contributed by atoms with E-state index in [2.05, 4.69) is 39.2 Å². The van der Waals surface area contributed by atoms with E-state index in [1.165, 1.54) is 0 Å². The number of carbonyl (C=O) groups is 1. The van der Waals surface area contributed by atoms with Crippen molar-refractivity contribution in [2.45, 2.75) is 38.9 Å². The summed E-state index contributed by atoms with van der Waals surface area (Å²) in [6, 6.07) is -0.381. The maximum absolute atomic E-state index is 10.7. The molecule has 0 unspecified atom stereocenters. The van der Waals surface area contributed by atoms with E-state index in [1.54, 1.807) is 0 Å². The fourth-order valence-corrected chi connectivity index (χ4v) is 1.78. The molecule has 0 heterocycles. The van der Waals surface area contributed by atoms with Crippen LogP contribution in [-0.4, -0.2) is 27.5 Å². The van der Waals surface area contributed by atoms with Crippen molar-refractivity contribution in [2.75, 3.05) is 13.2 Å². The normalized spacial score (nSPS) is 12.4. The third-order valence-corrected chi connectivity index (χ3v) is 7.33. The average Bonchev–Trinajstić information content (AvgIpc) is 2.10. The third-order valence-electron chi connectivity index (χ3n) is 2.79. The lowest BCUT2D eigenvalue weighted by Crippen LogP contribution is -2.45. The minimum absolute atomic E-state index is 0.198. The quantitative estimate of drug-likeness (QED) is 0.224. The van der Waals surface area contributed by atoms with Gasteiger partial charge in [-0.15, -0.1) is 0 Å². The third kappa shape index (κ3) is 5.15. The van der Waals surface area contributed by atoms with Crippen LogP contribution in [0.15, 0.2) is 0 Å². The number of hydrogen-bond acceptors (Lipinski definition) is 3. The van der Waals surface area contributed by atoms with E-state index in [0.29, 0.717) is 13.2 Å². The summed E-state index contributed by atoms with van der Waals surface area (Å²) in [6.45, 7) is 11.9. The van der Waals surface area contributed by atoms with Crippen molar-refractivity contribution in [3.8, 4) is 0 Å². The molecule has 0 rings (SSSR count). The lowest BCUT2D eigenvalue weighted by Gasteiger charge is -2.36. The topological polar surface area (TPSA) is 76.4 Å². The van der Waals surface area contributed by atoms with Crippen LogP contribution in [0.3, 0.4) is 0 Å². The molecule has 2 amide bonds. The molecule has 0 saturated carbocycles. The largest absolute Gasteiger partial charge is 0.415 e. The van der Waals surface area contributed by atoms with Gasteiger partial charge in [0.1, 0.15) is 0 Å². The van der Waals surface area contributed by atoms with Crippen LogP contribution in [0.1, 0.15) is 20.8 Å². The van der Waals surface area contributed by atoms with Gasteiger partial charge in [0.25, 0.3) is 0 Å². The van der Waals surface area contributed by atoms with Gasteiger partial charge in [-0.3, -0.25) is 5.43 Å². The highest BCUT2D eigenvalue weighted by molar-refractivity contribution is 6.74. The molecular formula is C9H23N3O2Si. The molecule has 0 aromatic heterocycles. The van der Waals surface area contributed by atoms with Gasteiger partial charge in [-0.25, -0.2) is 10.6 Å². The summed E-state index contributed by atoms with van der Waals surface area (Å²) >= 11 is 0. The second kappa shape index (κ2) is 5.48. The number of nitrogens with one attached hydrogen (secondary N) is 2. The van der Waals surface area contributed by atoms with E-state index in [4.69, 9.17) is 10.3 Å². The molecule has 6 heteroatoms. The Labute approximate surface area is 92.8 Å². The maximum Gasteiger partial charge on any atom is 0.328 e. The first-order valence-corrected chi connectivity index (χ1v) is 8.00. The number of hydrogen-bond donors (Lipinski definition) is 3. The zero-order valence-electron chi connectivity index (χ0n) is 10.3. The van der Waals surface area contributed by atoms with Gasteiger partial charge in [0.05, 0.1) is 6.61 Å². The van der Waals surface area contributed by atoms with Crippen LogP contribution in [-0.2, 0) is 4.43 Å². The van der Waals surface area contributed by atoms with Gasteiger partial charge in [-0.2, -0.15) is 0 Å². The predicted molar refractivity (Wildman–Crippen MR) is 63.9 cm³/mol. The minimum atomic E-state index is -1.69. The Balaban J connectivity index is 3.82. The van der Waals surface area contributed by atoms with Crippen molar-refractivity contribution in [2.24, 2.45) is 5.84 Å². The van der Waals surface area contributed by atoms with Gasteiger partial charge in [0, 0.05) is 6.54 Å². The molecule has 0 aliphatic rings. The Hall–Kier alpha value is -0.593. The molecule has 4 N–H and O–H groups in total. The standard InChI is InChI=1S/C9H23N3O2Si/c1-9(2,3)15(4,5)14-7-6-11-8(13)12-10/h6-7,10H2,1-5H3,(H2,11,12,13). The second-order valence-electron chi connectivity index (χ2n) is 5.01. The molecule has 0 bridgehead atoms. The van der Waals surface area contributed by atoms with Crippen LogP contribution >= 0.6 is 0 Å². The molecule has 0 saturated heterocycles. The minimum Gasteiger partial charge on any atom is -0.415 e. The SMILES string of the molecule is CC(C)(C)[Si](C)(C)OCCNC(=O)NN. The summed E-state index contributed by atoms with van der Waals surface area (Å²) in [4.78, 5) is 10.7. The second-order valence-corrected chi connectivity index (χ2v) is 9.82. The average molecular weight is 233 g/mol. The van der Waals surface area contributed by atoms with Crippen molar-refractivity contribution in [1.29, 1.82) is 0 Å². The molecule has 0 radical (unpaired) electrons. The zero-order valence-corrected chi connectivity index (χ0v) is 11.3.